The first-order chi connectivity index (χ1) is 8.98. The van der Waals surface area contributed by atoms with Crippen LogP contribution >= 0.6 is 0 Å². The molecular formula is C17H24FeO. The van der Waals surface area contributed by atoms with Gasteiger partial charge in [-0.25, -0.2) is 0 Å². The van der Waals surface area contributed by atoms with E-state index in [2.05, 4.69) is 13.8 Å². The van der Waals surface area contributed by atoms with Gasteiger partial charge in [-0.3, -0.25) is 0 Å². The Hall–Kier alpha value is 0.479. The third kappa shape index (κ3) is 0.0868. The molecule has 6 atom stereocenters. The molecule has 19 heavy (non-hydrogen) atoms. The van der Waals surface area contributed by atoms with E-state index in [4.69, 9.17) is 0 Å². The zero-order chi connectivity index (χ0) is 12.3. The second-order valence-electron chi connectivity index (χ2n) is 12.0. The van der Waals surface area contributed by atoms with Gasteiger partial charge in [-0.1, -0.05) is 0 Å². The summed E-state index contributed by atoms with van der Waals surface area (Å²) in [5.41, 5.74) is 0. The van der Waals surface area contributed by atoms with E-state index in [1.54, 1.807) is 0 Å². The van der Waals surface area contributed by atoms with Gasteiger partial charge in [0.05, 0.1) is 0 Å². The van der Waals surface area contributed by atoms with E-state index in [0.29, 0.717) is 4.31 Å². The molecular weight excluding hydrogens is 276 g/mol. The van der Waals surface area contributed by atoms with Gasteiger partial charge in [0.1, 0.15) is 0 Å². The van der Waals surface area contributed by atoms with Crippen LogP contribution in [0.15, 0.2) is 0 Å². The summed E-state index contributed by atoms with van der Waals surface area (Å²) in [6.45, 7) is 1.69. The first kappa shape index (κ1) is 8.20. The van der Waals surface area contributed by atoms with Gasteiger partial charge in [-0.15, -0.1) is 0 Å². The van der Waals surface area contributed by atoms with Crippen LogP contribution in [0.25, 0.3) is 0 Å². The molecule has 10 heterocycles. The first-order valence-electron chi connectivity index (χ1n) is 8.87. The maximum atomic E-state index is 11.3. The predicted octanol–water partition coefficient (Wildman–Crippen LogP) is 5.08. The Labute approximate surface area is 104 Å². The normalized spacial score (nSPS) is 114. The second-order valence-corrected chi connectivity index (χ2v) is 35.3. The van der Waals surface area contributed by atoms with Crippen LogP contribution in [-0.4, -0.2) is 11.2 Å². The molecule has 0 bridgehead atoms. The van der Waals surface area contributed by atoms with Crippen LogP contribution in [0.5, 0.6) is 0 Å². The fourth-order valence-electron chi connectivity index (χ4n) is 19.8. The molecule has 2 heteroatoms. The van der Waals surface area contributed by atoms with Crippen molar-refractivity contribution in [2.24, 2.45) is 0 Å². The van der Waals surface area contributed by atoms with Gasteiger partial charge in [-0.2, -0.15) is 0 Å². The molecule has 10 aliphatic rings. The molecule has 0 aromatic heterocycles. The average Bonchev–Trinajstić information content (AvgIpc) is 3.37. The molecule has 6 unspecified atom stereocenters. The Bertz CT molecular complexity index is 983. The average molecular weight is 300 g/mol. The molecule has 0 amide bonds. The summed E-state index contributed by atoms with van der Waals surface area (Å²) in [6.07, 6.45) is 5.42. The quantitative estimate of drug-likeness (QED) is 0.702. The van der Waals surface area contributed by atoms with Crippen LogP contribution in [0.1, 0.15) is 39.5 Å². The molecule has 0 radical (unpaired) electrons. The number of aliphatic hydroxyl groups excluding tert-OH is 1. The van der Waals surface area contributed by atoms with Gasteiger partial charge >= 0.3 is 104 Å². The van der Waals surface area contributed by atoms with Crippen LogP contribution in [-0.2, 0) is 6.51 Å². The molecule has 1 spiro atoms. The predicted molar refractivity (Wildman–Crippen MR) is 71.2 cm³/mol. The van der Waals surface area contributed by atoms with Crippen molar-refractivity contribution in [2.75, 3.05) is 0 Å². The van der Waals surface area contributed by atoms with Crippen molar-refractivity contribution in [3.8, 4) is 0 Å². The number of unbranched alkanes of at least 4 members (excludes halogenated alkanes) is 1. The van der Waals surface area contributed by atoms with Crippen LogP contribution in [0, 0.1) is 0 Å². The van der Waals surface area contributed by atoms with Crippen LogP contribution in [0.4, 0.5) is 0 Å². The number of hydrogen-bond acceptors (Lipinski definition) is 1. The maximum absolute atomic E-state index is 11.3. The summed E-state index contributed by atoms with van der Waals surface area (Å²) in [5.74, 6) is 0. The standard InChI is InChI=1S/C12H19O.C5H5.Fe/c1-3-5-9-12(13)11-8-6-7-10(11)4-2;1-2-4-5-3-1;/h6-8,12-13H,3-5,9H2,1-2H3;1-5H;. The van der Waals surface area contributed by atoms with Gasteiger partial charge in [0.25, 0.3) is 0 Å². The fraction of sp³-hybridized carbons (Fsp3) is 1.00. The first-order valence-corrected chi connectivity index (χ1v) is 15.1. The molecule has 10 aliphatic heterocycles. The molecule has 0 aromatic rings. The summed E-state index contributed by atoms with van der Waals surface area (Å²) < 4.78 is 1.61. The molecule has 0 aromatic carbocycles. The van der Waals surface area contributed by atoms with Gasteiger partial charge in [0.2, 0.25) is 0 Å². The zero-order valence-corrected chi connectivity index (χ0v) is 12.9. The Balaban J connectivity index is 1.45. The minimum absolute atomic E-state index is 0.177. The van der Waals surface area contributed by atoms with Gasteiger partial charge in [0, 0.05) is 0 Å². The van der Waals surface area contributed by atoms with Gasteiger partial charge in [-0.05, 0) is 0 Å². The summed E-state index contributed by atoms with van der Waals surface area (Å²) >= 11 is 0. The molecule has 0 aliphatic carbocycles. The van der Waals surface area contributed by atoms with Crippen LogP contribution in [0.3, 0.4) is 0 Å². The van der Waals surface area contributed by atoms with Crippen molar-refractivity contribution in [2.45, 2.75) is 92.8 Å². The zero-order valence-electron chi connectivity index (χ0n) is 11.8. The van der Waals surface area contributed by atoms with E-state index in [-0.39, 0.29) is 6.10 Å². The molecule has 0 saturated carbocycles. The fourth-order valence-corrected chi connectivity index (χ4v) is 98.4. The van der Waals surface area contributed by atoms with E-state index >= 15 is 0 Å². The topological polar surface area (TPSA) is 20.2 Å². The molecule has 1 nitrogen and oxygen atoms in total. The molecule has 106 valence electrons. The van der Waals surface area contributed by atoms with Crippen molar-refractivity contribution in [3.63, 3.8) is 0 Å². The molecule has 10 saturated heterocycles. The Kier molecular flexibility index (Phi) is 0.311. The van der Waals surface area contributed by atoms with Crippen molar-refractivity contribution in [1.82, 2.24) is 0 Å². The Morgan fingerprint density at radius 1 is 1.00 bits per heavy atom. The third-order valence-corrected chi connectivity index (χ3v) is 61.0. The van der Waals surface area contributed by atoms with Crippen LogP contribution in [0.2, 0.25) is 47.2 Å². The van der Waals surface area contributed by atoms with Crippen molar-refractivity contribution in [3.05, 3.63) is 0 Å². The van der Waals surface area contributed by atoms with Crippen molar-refractivity contribution >= 4 is 0 Å². The monoisotopic (exact) mass is 300 g/mol. The Morgan fingerprint density at radius 2 is 1.63 bits per heavy atom. The SMILES string of the molecule is CCCCC(O)[C]12[CH]3[CH]4[CH]5[C]1(CC)[Fe]45321678[CH]2[CH]1[CH]6[CH]7[CH]28. The Morgan fingerprint density at radius 3 is 2.00 bits per heavy atom. The van der Waals surface area contributed by atoms with Crippen molar-refractivity contribution < 1.29 is 11.6 Å². The molecule has 1 N–H and O–H groups in total. The summed E-state index contributed by atoms with van der Waals surface area (Å²) in [7, 11) is 0. The van der Waals surface area contributed by atoms with E-state index in [9.17, 15) is 5.11 Å². The summed E-state index contributed by atoms with van der Waals surface area (Å²) in [4.78, 5) is 10.8. The molecule has 10 fully saturated rings. The minimum atomic E-state index is -3.14. The van der Waals surface area contributed by atoms with E-state index in [1.165, 1.54) is 64.2 Å². The van der Waals surface area contributed by atoms with Gasteiger partial charge in [0.15, 0.2) is 0 Å². The van der Waals surface area contributed by atoms with E-state index in [0.717, 1.165) is 4.31 Å². The second kappa shape index (κ2) is 0.721. The third-order valence-electron chi connectivity index (χ3n) is 17.1. The number of aliphatic hydroxyl groups is 1. The summed E-state index contributed by atoms with van der Waals surface area (Å²) in [5, 5.41) is 11.3. The number of hydrogen-bond donors (Lipinski definition) is 1. The number of rotatable bonds is 5. The van der Waals surface area contributed by atoms with Crippen LogP contribution < -0.4 is 0 Å². The van der Waals surface area contributed by atoms with Crippen molar-refractivity contribution in [1.29, 1.82) is 0 Å². The van der Waals surface area contributed by atoms with E-state index < -0.39 is 6.51 Å². The van der Waals surface area contributed by atoms with Gasteiger partial charge < -0.3 is 0 Å². The number of fused-ring (bicyclic) bond motifs is 10. The summed E-state index contributed by atoms with van der Waals surface area (Å²) in [6, 6.07) is 0. The van der Waals surface area contributed by atoms with E-state index in [1.807, 2.05) is 0 Å². The molecule has 10 rings (SSSR count).